The predicted molar refractivity (Wildman–Crippen MR) is 172 cm³/mol. The Morgan fingerprint density at radius 3 is 2.30 bits per heavy atom. The van der Waals surface area contributed by atoms with Gasteiger partial charge in [-0.15, -0.1) is 5.75 Å². The number of H-pyrrole nitrogens is 1. The van der Waals surface area contributed by atoms with Gasteiger partial charge >= 0.3 is 5.97 Å². The smallest absolute Gasteiger partial charge is 0.309 e. The number of aromatic amines is 1. The van der Waals surface area contributed by atoms with E-state index in [0.717, 1.165) is 87.6 Å². The summed E-state index contributed by atoms with van der Waals surface area (Å²) in [5.74, 6) is -1.82. The van der Waals surface area contributed by atoms with Crippen LogP contribution in [0, 0.1) is 23.7 Å². The summed E-state index contributed by atoms with van der Waals surface area (Å²) in [5.41, 5.74) is 1.83. The first-order chi connectivity index (χ1) is 21.2. The fraction of sp³-hybridized carbons (Fsp3) is 0.703. The SMILES string of the molecule is CCCCCCCC(O)CCCCCCC(C(=O)O)C(O)C1CCC2CCC(Cc3ccc(-c4cccc([O-])c4)[nH]3)C2(O)C1. The van der Waals surface area contributed by atoms with Gasteiger partial charge in [0.1, 0.15) is 0 Å². The molecule has 7 nitrogen and oxygen atoms in total. The van der Waals surface area contributed by atoms with Crippen LogP contribution in [0.3, 0.4) is 0 Å². The van der Waals surface area contributed by atoms with Gasteiger partial charge in [0.25, 0.3) is 0 Å². The molecule has 44 heavy (non-hydrogen) atoms. The summed E-state index contributed by atoms with van der Waals surface area (Å²) in [5, 5.41) is 55.4. The third-order valence-corrected chi connectivity index (χ3v) is 10.8. The van der Waals surface area contributed by atoms with Gasteiger partial charge < -0.3 is 30.5 Å². The summed E-state index contributed by atoms with van der Waals surface area (Å²) in [4.78, 5) is 15.7. The van der Waals surface area contributed by atoms with Gasteiger partial charge in [-0.2, -0.15) is 0 Å². The van der Waals surface area contributed by atoms with Crippen LogP contribution in [0.2, 0.25) is 0 Å². The largest absolute Gasteiger partial charge is 0.872 e. The van der Waals surface area contributed by atoms with Crippen LogP contribution >= 0.6 is 0 Å². The highest BCUT2D eigenvalue weighted by Crippen LogP contribution is 2.53. The third-order valence-electron chi connectivity index (χ3n) is 10.8. The van der Waals surface area contributed by atoms with E-state index < -0.39 is 23.6 Å². The van der Waals surface area contributed by atoms with Crippen LogP contribution in [0.5, 0.6) is 5.75 Å². The molecule has 2 fully saturated rings. The number of carboxylic acid groups (broad SMARTS) is 1. The molecule has 7 unspecified atom stereocenters. The second-order valence-electron chi connectivity index (χ2n) is 13.9. The van der Waals surface area contributed by atoms with Crippen LogP contribution in [0.1, 0.15) is 122 Å². The van der Waals surface area contributed by atoms with Crippen LogP contribution in [-0.4, -0.2) is 49.2 Å². The summed E-state index contributed by atoms with van der Waals surface area (Å²) in [7, 11) is 0. The lowest BCUT2D eigenvalue weighted by Crippen LogP contribution is -2.49. The highest BCUT2D eigenvalue weighted by molar-refractivity contribution is 5.70. The Labute approximate surface area is 264 Å². The number of carbonyl (C=O) groups is 1. The minimum Gasteiger partial charge on any atom is -0.872 e. The van der Waals surface area contributed by atoms with Crippen molar-refractivity contribution in [3.8, 4) is 17.0 Å². The molecule has 0 amide bonds. The number of nitrogens with one attached hydrogen (secondary N) is 1. The number of hydrogen-bond donors (Lipinski definition) is 5. The number of fused-ring (bicyclic) bond motifs is 1. The predicted octanol–water partition coefficient (Wildman–Crippen LogP) is 6.98. The van der Waals surface area contributed by atoms with Crippen molar-refractivity contribution in [1.29, 1.82) is 0 Å². The summed E-state index contributed by atoms with van der Waals surface area (Å²) in [6.07, 6.45) is 15.0. The van der Waals surface area contributed by atoms with Crippen LogP contribution in [0.25, 0.3) is 11.3 Å². The summed E-state index contributed by atoms with van der Waals surface area (Å²) in [6.45, 7) is 2.20. The van der Waals surface area contributed by atoms with E-state index >= 15 is 0 Å². The van der Waals surface area contributed by atoms with E-state index in [2.05, 4.69) is 11.9 Å². The number of benzene rings is 1. The van der Waals surface area contributed by atoms with Gasteiger partial charge in [0.05, 0.1) is 23.7 Å². The number of hydrogen-bond acceptors (Lipinski definition) is 5. The van der Waals surface area contributed by atoms with Gasteiger partial charge in [0, 0.05) is 11.4 Å². The maximum absolute atomic E-state index is 12.2. The zero-order valence-electron chi connectivity index (χ0n) is 26.8. The monoisotopic (exact) mass is 610 g/mol. The number of aromatic nitrogens is 1. The van der Waals surface area contributed by atoms with E-state index in [0.29, 0.717) is 19.3 Å². The lowest BCUT2D eigenvalue weighted by Gasteiger charge is -2.44. The normalized spacial score (nSPS) is 25.4. The second-order valence-corrected chi connectivity index (χ2v) is 13.9. The average Bonchev–Trinajstić information content (AvgIpc) is 3.60. The molecule has 2 aliphatic carbocycles. The molecule has 7 atom stereocenters. The van der Waals surface area contributed by atoms with E-state index in [4.69, 9.17) is 0 Å². The Balaban J connectivity index is 1.24. The molecule has 4 rings (SSSR count). The molecule has 2 aromatic rings. The molecular weight excluding hydrogens is 554 g/mol. The van der Waals surface area contributed by atoms with Gasteiger partial charge in [0.2, 0.25) is 0 Å². The van der Waals surface area contributed by atoms with E-state index in [1.807, 2.05) is 18.2 Å². The quantitative estimate of drug-likeness (QED) is 0.109. The topological polar surface area (TPSA) is 137 Å². The van der Waals surface area contributed by atoms with E-state index in [9.17, 15) is 30.3 Å². The lowest BCUT2D eigenvalue weighted by atomic mass is 9.66. The first-order valence-corrected chi connectivity index (χ1v) is 17.5. The molecule has 2 saturated carbocycles. The van der Waals surface area contributed by atoms with Gasteiger partial charge in [-0.3, -0.25) is 4.79 Å². The molecule has 1 heterocycles. The summed E-state index contributed by atoms with van der Waals surface area (Å²) in [6, 6.07) is 10.8. The number of unbranched alkanes of at least 4 members (excludes halogenated alkanes) is 7. The van der Waals surface area contributed by atoms with Crippen molar-refractivity contribution in [2.75, 3.05) is 0 Å². The van der Waals surface area contributed by atoms with E-state index in [1.54, 1.807) is 12.1 Å². The van der Waals surface area contributed by atoms with Crippen LogP contribution < -0.4 is 5.11 Å². The fourth-order valence-electron chi connectivity index (χ4n) is 8.12. The van der Waals surface area contributed by atoms with Crippen LogP contribution in [0.4, 0.5) is 0 Å². The standard InChI is InChI=1S/C37H57NO6/c1-2-3-4-5-8-13-31(39)14-9-6-7-10-16-33(36(42)43)35(41)27-17-18-28-19-20-29(37(28,44)25-27)24-30-21-22-34(38-30)26-12-11-15-32(40)23-26/h11-12,15,21-23,27-29,31,33,35,38-41,44H,2-10,13-14,16-20,24-25H2,1H3,(H,42,43)/p-1. The Bertz CT molecular complexity index is 1150. The Kier molecular flexibility index (Phi) is 13.2. The van der Waals surface area contributed by atoms with Crippen molar-refractivity contribution in [2.45, 2.75) is 140 Å². The Morgan fingerprint density at radius 2 is 1.61 bits per heavy atom. The number of rotatable bonds is 19. The molecule has 246 valence electrons. The van der Waals surface area contributed by atoms with Crippen molar-refractivity contribution >= 4 is 5.97 Å². The van der Waals surface area contributed by atoms with Gasteiger partial charge in [-0.05, 0) is 93.2 Å². The van der Waals surface area contributed by atoms with Gasteiger partial charge in [-0.1, -0.05) is 89.0 Å². The van der Waals surface area contributed by atoms with Crippen molar-refractivity contribution in [2.24, 2.45) is 23.7 Å². The number of aliphatic hydroxyl groups excluding tert-OH is 2. The molecule has 7 heteroatoms. The molecule has 1 aromatic heterocycles. The minimum atomic E-state index is -0.968. The number of carboxylic acids is 1. The first kappa shape index (κ1) is 34.5. The summed E-state index contributed by atoms with van der Waals surface area (Å²) >= 11 is 0. The van der Waals surface area contributed by atoms with Gasteiger partial charge in [-0.25, -0.2) is 0 Å². The molecule has 0 bridgehead atoms. The van der Waals surface area contributed by atoms with Crippen LogP contribution in [0.15, 0.2) is 36.4 Å². The fourth-order valence-corrected chi connectivity index (χ4v) is 8.12. The molecule has 2 aliphatic rings. The molecule has 0 saturated heterocycles. The third kappa shape index (κ3) is 9.34. The van der Waals surface area contributed by atoms with Crippen molar-refractivity contribution < 1.29 is 30.3 Å². The van der Waals surface area contributed by atoms with Crippen molar-refractivity contribution in [1.82, 2.24) is 4.98 Å². The average molecular weight is 611 g/mol. The van der Waals surface area contributed by atoms with Crippen molar-refractivity contribution in [3.05, 3.63) is 42.1 Å². The maximum atomic E-state index is 12.2. The first-order valence-electron chi connectivity index (χ1n) is 17.5. The minimum absolute atomic E-state index is 0.0308. The zero-order chi connectivity index (χ0) is 31.5. The van der Waals surface area contributed by atoms with E-state index in [-0.39, 0.29) is 29.6 Å². The lowest BCUT2D eigenvalue weighted by molar-refractivity contribution is -0.268. The number of aliphatic hydroxyl groups is 3. The highest BCUT2D eigenvalue weighted by Gasteiger charge is 2.53. The Hall–Kier alpha value is -2.35. The maximum Gasteiger partial charge on any atom is 0.309 e. The second kappa shape index (κ2) is 16.8. The molecular formula is C37H56NO6-. The highest BCUT2D eigenvalue weighted by atomic mass is 16.4. The van der Waals surface area contributed by atoms with Gasteiger partial charge in [0.15, 0.2) is 0 Å². The Morgan fingerprint density at radius 1 is 0.932 bits per heavy atom. The summed E-state index contributed by atoms with van der Waals surface area (Å²) < 4.78 is 0. The molecule has 0 radical (unpaired) electrons. The van der Waals surface area contributed by atoms with Crippen LogP contribution in [-0.2, 0) is 11.2 Å². The molecule has 5 N–H and O–H groups in total. The van der Waals surface area contributed by atoms with E-state index in [1.165, 1.54) is 31.7 Å². The van der Waals surface area contributed by atoms with Crippen molar-refractivity contribution in [3.63, 3.8) is 0 Å². The number of aliphatic carboxylic acids is 1. The molecule has 0 aliphatic heterocycles. The molecule has 1 aromatic carbocycles. The molecule has 0 spiro atoms. The zero-order valence-corrected chi connectivity index (χ0v) is 26.8.